The van der Waals surface area contributed by atoms with Crippen LogP contribution in [-0.4, -0.2) is 38.7 Å². The van der Waals surface area contributed by atoms with Crippen molar-refractivity contribution in [3.8, 4) is 5.82 Å². The summed E-state index contributed by atoms with van der Waals surface area (Å²) in [4.78, 5) is 10.2. The smallest absolute Gasteiger partial charge is 0.181 e. The van der Waals surface area contributed by atoms with Crippen LogP contribution in [0.1, 0.15) is 11.1 Å². The molecule has 1 aromatic carbocycles. The number of rotatable bonds is 6. The van der Waals surface area contributed by atoms with Crippen molar-refractivity contribution in [1.82, 2.24) is 24.6 Å². The van der Waals surface area contributed by atoms with Gasteiger partial charge in [0.25, 0.3) is 0 Å². The third kappa shape index (κ3) is 3.92. The number of anilines is 2. The fourth-order valence-electron chi connectivity index (χ4n) is 2.46. The molecule has 25 heavy (non-hydrogen) atoms. The number of aromatic nitrogens is 4. The lowest BCUT2D eigenvalue weighted by molar-refractivity contribution is 0.392. The molecule has 0 aliphatic carbocycles. The summed E-state index contributed by atoms with van der Waals surface area (Å²) in [7, 11) is 3.81. The van der Waals surface area contributed by atoms with Crippen molar-refractivity contribution in [2.45, 2.75) is 13.1 Å². The van der Waals surface area contributed by atoms with Crippen molar-refractivity contribution in [2.24, 2.45) is 0 Å². The minimum absolute atomic E-state index is 0.221. The zero-order valence-electron chi connectivity index (χ0n) is 14.1. The monoisotopic (exact) mass is 341 g/mol. The van der Waals surface area contributed by atoms with Crippen LogP contribution in [0.5, 0.6) is 0 Å². The van der Waals surface area contributed by atoms with Crippen molar-refractivity contribution >= 4 is 11.5 Å². The van der Waals surface area contributed by atoms with Crippen LogP contribution in [0, 0.1) is 5.82 Å². The van der Waals surface area contributed by atoms with Gasteiger partial charge in [0.05, 0.1) is 0 Å². The normalized spacial score (nSPS) is 11.0. The molecule has 0 aliphatic rings. The molecule has 8 heteroatoms. The van der Waals surface area contributed by atoms with Crippen molar-refractivity contribution in [1.29, 1.82) is 0 Å². The van der Waals surface area contributed by atoms with Gasteiger partial charge in [0, 0.05) is 31.0 Å². The molecular weight excluding hydrogens is 321 g/mol. The number of hydrogen-bond donors (Lipinski definition) is 2. The fourth-order valence-corrected chi connectivity index (χ4v) is 2.46. The summed E-state index contributed by atoms with van der Waals surface area (Å²) in [5.41, 5.74) is 7.97. The average Bonchev–Trinajstić information content (AvgIpc) is 3.10. The van der Waals surface area contributed by atoms with Crippen LogP contribution >= 0.6 is 0 Å². The Hall–Kier alpha value is -3.00. The highest BCUT2D eigenvalue weighted by Crippen LogP contribution is 2.21. The molecule has 7 nitrogen and oxygen atoms in total. The second kappa shape index (κ2) is 7.27. The minimum atomic E-state index is -0.221. The molecule has 0 saturated heterocycles. The first-order valence-electron chi connectivity index (χ1n) is 7.81. The van der Waals surface area contributed by atoms with Crippen LogP contribution in [0.2, 0.25) is 0 Å². The van der Waals surface area contributed by atoms with E-state index in [-0.39, 0.29) is 5.82 Å². The largest absolute Gasteiger partial charge is 0.393 e. The quantitative estimate of drug-likeness (QED) is 0.714. The van der Waals surface area contributed by atoms with Gasteiger partial charge in [0.2, 0.25) is 0 Å². The maximum absolute atomic E-state index is 14.1. The van der Waals surface area contributed by atoms with Crippen molar-refractivity contribution in [3.05, 3.63) is 59.9 Å². The number of nitrogens with one attached hydrogen (secondary N) is 1. The second-order valence-corrected chi connectivity index (χ2v) is 5.93. The van der Waals surface area contributed by atoms with E-state index in [9.17, 15) is 4.39 Å². The molecule has 0 aliphatic heterocycles. The first-order chi connectivity index (χ1) is 12.0. The summed E-state index contributed by atoms with van der Waals surface area (Å²) in [5.74, 6) is 0.758. The van der Waals surface area contributed by atoms with Crippen LogP contribution in [0.3, 0.4) is 0 Å². The van der Waals surface area contributed by atoms with E-state index in [0.29, 0.717) is 36.0 Å². The Balaban J connectivity index is 1.74. The van der Waals surface area contributed by atoms with Gasteiger partial charge >= 0.3 is 0 Å². The van der Waals surface area contributed by atoms with E-state index in [1.807, 2.05) is 25.1 Å². The molecule has 3 rings (SSSR count). The standard InChI is InChI=1S/C17H20FN7/c1-24(2)10-13-5-4-12(8-14(13)18)9-20-16-15(19)17(22-11-21-16)25-7-3-6-23-25/h3-8,11H,9-10,19H2,1-2H3,(H,20,21,22). The van der Waals surface area contributed by atoms with E-state index in [1.165, 1.54) is 12.4 Å². The number of halogens is 1. The Morgan fingerprint density at radius 3 is 2.80 bits per heavy atom. The molecule has 0 bridgehead atoms. The van der Waals surface area contributed by atoms with E-state index in [4.69, 9.17) is 5.73 Å². The highest BCUT2D eigenvalue weighted by Gasteiger charge is 2.10. The summed E-state index contributed by atoms with van der Waals surface area (Å²) in [6.07, 6.45) is 4.81. The molecule has 0 unspecified atom stereocenters. The maximum Gasteiger partial charge on any atom is 0.181 e. The molecule has 0 saturated carbocycles. The molecule has 2 aromatic heterocycles. The first kappa shape index (κ1) is 16.8. The Labute approximate surface area is 145 Å². The number of hydrogen-bond acceptors (Lipinski definition) is 6. The lowest BCUT2D eigenvalue weighted by Gasteiger charge is -2.13. The van der Waals surface area contributed by atoms with E-state index < -0.39 is 0 Å². The number of nitrogens with zero attached hydrogens (tertiary/aromatic N) is 5. The fraction of sp³-hybridized carbons (Fsp3) is 0.235. The zero-order chi connectivity index (χ0) is 17.8. The molecule has 130 valence electrons. The maximum atomic E-state index is 14.1. The van der Waals surface area contributed by atoms with Crippen LogP contribution in [-0.2, 0) is 13.1 Å². The summed E-state index contributed by atoms with van der Waals surface area (Å²) in [6, 6.07) is 7.00. The highest BCUT2D eigenvalue weighted by molar-refractivity contribution is 5.68. The highest BCUT2D eigenvalue weighted by atomic mass is 19.1. The molecule has 0 atom stereocenters. The van der Waals surface area contributed by atoms with Crippen LogP contribution < -0.4 is 11.1 Å². The molecule has 0 radical (unpaired) electrons. The molecule has 3 aromatic rings. The molecule has 0 spiro atoms. The number of nitrogen functional groups attached to an aromatic ring is 1. The van der Waals surface area contributed by atoms with Crippen molar-refractivity contribution < 1.29 is 4.39 Å². The van der Waals surface area contributed by atoms with Gasteiger partial charge in [0.15, 0.2) is 11.6 Å². The van der Waals surface area contributed by atoms with E-state index in [0.717, 1.165) is 5.56 Å². The lowest BCUT2D eigenvalue weighted by atomic mass is 10.1. The SMILES string of the molecule is CN(C)Cc1ccc(CNc2ncnc(-n3cccn3)c2N)cc1F. The second-order valence-electron chi connectivity index (χ2n) is 5.93. The van der Waals surface area contributed by atoms with Gasteiger partial charge in [-0.2, -0.15) is 5.10 Å². The molecule has 0 fully saturated rings. The molecule has 2 heterocycles. The minimum Gasteiger partial charge on any atom is -0.393 e. The van der Waals surface area contributed by atoms with Crippen molar-refractivity contribution in [3.63, 3.8) is 0 Å². The Morgan fingerprint density at radius 2 is 2.12 bits per heavy atom. The van der Waals surface area contributed by atoms with E-state index in [1.54, 1.807) is 29.2 Å². The van der Waals surface area contributed by atoms with Crippen LogP contribution in [0.15, 0.2) is 43.0 Å². The average molecular weight is 341 g/mol. The Morgan fingerprint density at radius 1 is 1.28 bits per heavy atom. The van der Waals surface area contributed by atoms with Crippen LogP contribution in [0.25, 0.3) is 5.82 Å². The predicted octanol–water partition coefficient (Wildman–Crippen LogP) is 2.06. The summed E-state index contributed by atoms with van der Waals surface area (Å²) >= 11 is 0. The van der Waals surface area contributed by atoms with Gasteiger partial charge in [0.1, 0.15) is 17.8 Å². The molecular formula is C17H20FN7. The number of benzene rings is 1. The summed E-state index contributed by atoms with van der Waals surface area (Å²) in [6.45, 7) is 0.963. The lowest BCUT2D eigenvalue weighted by Crippen LogP contribution is -2.13. The summed E-state index contributed by atoms with van der Waals surface area (Å²) < 4.78 is 15.7. The van der Waals surface area contributed by atoms with Gasteiger partial charge in [-0.15, -0.1) is 0 Å². The van der Waals surface area contributed by atoms with E-state index >= 15 is 0 Å². The third-order valence-corrected chi connectivity index (χ3v) is 3.65. The van der Waals surface area contributed by atoms with E-state index in [2.05, 4.69) is 20.4 Å². The van der Waals surface area contributed by atoms with Gasteiger partial charge < -0.3 is 16.0 Å². The zero-order valence-corrected chi connectivity index (χ0v) is 14.1. The summed E-state index contributed by atoms with van der Waals surface area (Å²) in [5, 5.41) is 7.24. The first-order valence-corrected chi connectivity index (χ1v) is 7.81. The number of nitrogens with two attached hydrogens (primary N) is 1. The Bertz CT molecular complexity index is 846. The topological polar surface area (TPSA) is 84.9 Å². The van der Waals surface area contributed by atoms with Crippen LogP contribution in [0.4, 0.5) is 15.9 Å². The van der Waals surface area contributed by atoms with Gasteiger partial charge in [-0.3, -0.25) is 0 Å². The molecule has 0 amide bonds. The molecule has 3 N–H and O–H groups in total. The van der Waals surface area contributed by atoms with Gasteiger partial charge in [-0.05, 0) is 31.8 Å². The Kier molecular flexibility index (Phi) is 4.90. The van der Waals surface area contributed by atoms with Gasteiger partial charge in [-0.25, -0.2) is 19.0 Å². The van der Waals surface area contributed by atoms with Gasteiger partial charge in [-0.1, -0.05) is 12.1 Å². The third-order valence-electron chi connectivity index (χ3n) is 3.65. The predicted molar refractivity (Wildman–Crippen MR) is 94.7 cm³/mol. The van der Waals surface area contributed by atoms with Crippen molar-refractivity contribution in [2.75, 3.05) is 25.1 Å².